The molecule has 6 heteroatoms. The molecule has 1 unspecified atom stereocenters. The molecule has 5 nitrogen and oxygen atoms in total. The largest absolute Gasteiger partial charge is 0.397 e. The van der Waals surface area contributed by atoms with Crippen LogP contribution in [0.1, 0.15) is 18.4 Å². The average Bonchev–Trinajstić information content (AvgIpc) is 2.74. The number of hydrogen-bond acceptors (Lipinski definition) is 4. The molecule has 0 radical (unpaired) electrons. The van der Waals surface area contributed by atoms with Crippen molar-refractivity contribution < 1.29 is 13.2 Å². The van der Waals surface area contributed by atoms with Gasteiger partial charge in [0, 0.05) is 6.61 Å². The number of hydrogen-bond donors (Lipinski definition) is 2. The number of nitrogens with one attached hydrogen (secondary N) is 1. The van der Waals surface area contributed by atoms with E-state index in [1.165, 1.54) is 0 Å². The average molecular weight is 270 g/mol. The second kappa shape index (κ2) is 5.16. The Labute approximate surface area is 107 Å². The molecule has 1 aliphatic rings. The first-order valence-corrected chi connectivity index (χ1v) is 7.60. The van der Waals surface area contributed by atoms with Gasteiger partial charge in [0.15, 0.2) is 0 Å². The molecule has 1 atom stereocenters. The zero-order valence-corrected chi connectivity index (χ0v) is 11.2. The summed E-state index contributed by atoms with van der Waals surface area (Å²) in [5.74, 6) is -0.0136. The van der Waals surface area contributed by atoms with Crippen LogP contribution in [-0.2, 0) is 14.8 Å². The van der Waals surface area contributed by atoms with Crippen LogP contribution in [0.15, 0.2) is 18.2 Å². The van der Waals surface area contributed by atoms with Crippen molar-refractivity contribution in [1.82, 2.24) is 0 Å². The number of nitrogen functional groups attached to an aromatic ring is 1. The predicted molar refractivity (Wildman–Crippen MR) is 72.0 cm³/mol. The maximum atomic E-state index is 11.9. The van der Waals surface area contributed by atoms with Gasteiger partial charge in [-0.1, -0.05) is 6.07 Å². The lowest BCUT2D eigenvalue weighted by atomic mass is 10.2. The first-order chi connectivity index (χ1) is 8.46. The Balaban J connectivity index is 2.07. The van der Waals surface area contributed by atoms with Gasteiger partial charge in [0.2, 0.25) is 10.0 Å². The number of anilines is 2. The van der Waals surface area contributed by atoms with Gasteiger partial charge in [-0.2, -0.15) is 0 Å². The summed E-state index contributed by atoms with van der Waals surface area (Å²) in [4.78, 5) is 0. The summed E-state index contributed by atoms with van der Waals surface area (Å²) in [6.45, 7) is 2.55. The van der Waals surface area contributed by atoms with Crippen LogP contribution in [-0.4, -0.2) is 26.9 Å². The summed E-state index contributed by atoms with van der Waals surface area (Å²) in [7, 11) is -3.41. The van der Waals surface area contributed by atoms with Crippen LogP contribution >= 0.6 is 0 Å². The first-order valence-electron chi connectivity index (χ1n) is 5.94. The van der Waals surface area contributed by atoms with E-state index in [4.69, 9.17) is 10.5 Å². The molecule has 1 aliphatic heterocycles. The van der Waals surface area contributed by atoms with E-state index in [2.05, 4.69) is 4.72 Å². The van der Waals surface area contributed by atoms with E-state index in [0.717, 1.165) is 18.4 Å². The Morgan fingerprint density at radius 1 is 1.50 bits per heavy atom. The number of nitrogens with two attached hydrogens (primary N) is 1. The molecule has 0 aromatic heterocycles. The summed E-state index contributed by atoms with van der Waals surface area (Å²) < 4.78 is 31.7. The van der Waals surface area contributed by atoms with Gasteiger partial charge in [-0.05, 0) is 37.5 Å². The molecule has 1 fully saturated rings. The van der Waals surface area contributed by atoms with Gasteiger partial charge in [-0.15, -0.1) is 0 Å². The van der Waals surface area contributed by atoms with Gasteiger partial charge in [0.25, 0.3) is 0 Å². The Hall–Kier alpha value is -1.27. The summed E-state index contributed by atoms with van der Waals surface area (Å²) in [6, 6.07) is 5.24. The van der Waals surface area contributed by atoms with Crippen molar-refractivity contribution in [3.05, 3.63) is 23.8 Å². The summed E-state index contributed by atoms with van der Waals surface area (Å²) in [5.41, 5.74) is 7.64. The summed E-state index contributed by atoms with van der Waals surface area (Å²) in [5, 5.41) is 0. The fraction of sp³-hybridized carbons (Fsp3) is 0.500. The van der Waals surface area contributed by atoms with Gasteiger partial charge in [0.05, 0.1) is 23.2 Å². The minimum atomic E-state index is -3.41. The Kier molecular flexibility index (Phi) is 3.77. The SMILES string of the molecule is Cc1ccc(NS(=O)(=O)CC2CCCO2)c(N)c1. The highest BCUT2D eigenvalue weighted by molar-refractivity contribution is 7.92. The lowest BCUT2D eigenvalue weighted by Crippen LogP contribution is -2.26. The first kappa shape index (κ1) is 13.2. The topological polar surface area (TPSA) is 81.4 Å². The predicted octanol–water partition coefficient (Wildman–Crippen LogP) is 1.50. The van der Waals surface area contributed by atoms with E-state index in [9.17, 15) is 8.42 Å². The minimum absolute atomic E-state index is 0.0136. The van der Waals surface area contributed by atoms with E-state index in [1.807, 2.05) is 13.0 Å². The number of ether oxygens (including phenoxy) is 1. The normalized spacial score (nSPS) is 19.9. The molecule has 1 aromatic rings. The van der Waals surface area contributed by atoms with Crippen LogP contribution in [0.25, 0.3) is 0 Å². The molecule has 2 rings (SSSR count). The van der Waals surface area contributed by atoms with E-state index in [-0.39, 0.29) is 11.9 Å². The lowest BCUT2D eigenvalue weighted by molar-refractivity contribution is 0.127. The van der Waals surface area contributed by atoms with Crippen molar-refractivity contribution in [2.75, 3.05) is 22.8 Å². The molecule has 100 valence electrons. The van der Waals surface area contributed by atoms with Crippen molar-refractivity contribution >= 4 is 21.4 Å². The van der Waals surface area contributed by atoms with E-state index >= 15 is 0 Å². The molecule has 1 aromatic carbocycles. The monoisotopic (exact) mass is 270 g/mol. The summed E-state index contributed by atoms with van der Waals surface area (Å²) in [6.07, 6.45) is 1.52. The van der Waals surface area contributed by atoms with Crippen LogP contribution in [0.4, 0.5) is 11.4 Å². The molecule has 3 N–H and O–H groups in total. The highest BCUT2D eigenvalue weighted by Gasteiger charge is 2.23. The van der Waals surface area contributed by atoms with Crippen molar-refractivity contribution in [2.45, 2.75) is 25.9 Å². The second-order valence-corrected chi connectivity index (χ2v) is 6.38. The van der Waals surface area contributed by atoms with Gasteiger partial charge in [-0.3, -0.25) is 4.72 Å². The Morgan fingerprint density at radius 2 is 2.28 bits per heavy atom. The molecular formula is C12H18N2O3S. The Bertz CT molecular complexity index is 522. The molecule has 0 bridgehead atoms. The fourth-order valence-electron chi connectivity index (χ4n) is 2.00. The molecular weight excluding hydrogens is 252 g/mol. The lowest BCUT2D eigenvalue weighted by Gasteiger charge is -2.13. The maximum absolute atomic E-state index is 11.9. The second-order valence-electron chi connectivity index (χ2n) is 4.61. The third kappa shape index (κ3) is 3.36. The van der Waals surface area contributed by atoms with Crippen LogP contribution in [0.3, 0.4) is 0 Å². The molecule has 0 amide bonds. The molecule has 0 aliphatic carbocycles. The van der Waals surface area contributed by atoms with Gasteiger partial charge < -0.3 is 10.5 Å². The maximum Gasteiger partial charge on any atom is 0.235 e. The number of rotatable bonds is 4. The van der Waals surface area contributed by atoms with Crippen molar-refractivity contribution in [3.63, 3.8) is 0 Å². The third-order valence-electron chi connectivity index (χ3n) is 2.90. The number of benzene rings is 1. The molecule has 18 heavy (non-hydrogen) atoms. The quantitative estimate of drug-likeness (QED) is 0.812. The van der Waals surface area contributed by atoms with Crippen LogP contribution in [0.2, 0.25) is 0 Å². The molecule has 0 spiro atoms. The van der Waals surface area contributed by atoms with Crippen molar-refractivity contribution in [2.24, 2.45) is 0 Å². The van der Waals surface area contributed by atoms with E-state index in [0.29, 0.717) is 18.0 Å². The third-order valence-corrected chi connectivity index (χ3v) is 4.24. The zero-order chi connectivity index (χ0) is 13.2. The summed E-state index contributed by atoms with van der Waals surface area (Å²) >= 11 is 0. The highest BCUT2D eigenvalue weighted by atomic mass is 32.2. The molecule has 0 saturated carbocycles. The molecule has 1 heterocycles. The van der Waals surface area contributed by atoms with E-state index < -0.39 is 10.0 Å². The van der Waals surface area contributed by atoms with Crippen LogP contribution < -0.4 is 10.5 Å². The van der Waals surface area contributed by atoms with Gasteiger partial charge in [0.1, 0.15) is 0 Å². The number of sulfonamides is 1. The smallest absolute Gasteiger partial charge is 0.235 e. The number of aryl methyl sites for hydroxylation is 1. The van der Waals surface area contributed by atoms with Crippen LogP contribution in [0.5, 0.6) is 0 Å². The van der Waals surface area contributed by atoms with Gasteiger partial charge >= 0.3 is 0 Å². The molecule has 1 saturated heterocycles. The van der Waals surface area contributed by atoms with Gasteiger partial charge in [-0.25, -0.2) is 8.42 Å². The Morgan fingerprint density at radius 3 is 2.89 bits per heavy atom. The zero-order valence-electron chi connectivity index (χ0n) is 10.3. The fourth-order valence-corrected chi connectivity index (χ4v) is 3.36. The van der Waals surface area contributed by atoms with Crippen molar-refractivity contribution in [3.8, 4) is 0 Å². The van der Waals surface area contributed by atoms with Crippen LogP contribution in [0, 0.1) is 6.92 Å². The van der Waals surface area contributed by atoms with E-state index in [1.54, 1.807) is 12.1 Å². The standard InChI is InChI=1S/C12H18N2O3S/c1-9-4-5-12(11(13)7-9)14-18(15,16)8-10-3-2-6-17-10/h4-5,7,10,14H,2-3,6,8,13H2,1H3. The highest BCUT2D eigenvalue weighted by Crippen LogP contribution is 2.22. The minimum Gasteiger partial charge on any atom is -0.397 e. The van der Waals surface area contributed by atoms with Crippen molar-refractivity contribution in [1.29, 1.82) is 0 Å².